The van der Waals surface area contributed by atoms with Crippen molar-refractivity contribution in [3.05, 3.63) is 0 Å². The maximum Gasteiger partial charge on any atom is 0.308 e. The van der Waals surface area contributed by atoms with Crippen LogP contribution in [-0.4, -0.2) is 74.7 Å². The van der Waals surface area contributed by atoms with Gasteiger partial charge >= 0.3 is 5.97 Å². The molecule has 0 spiro atoms. The summed E-state index contributed by atoms with van der Waals surface area (Å²) in [5, 5.41) is 0. The minimum absolute atomic E-state index is 0.0224. The molecule has 0 aromatic carbocycles. The first-order valence-electron chi connectivity index (χ1n) is 10.5. The van der Waals surface area contributed by atoms with Gasteiger partial charge in [-0.2, -0.15) is 0 Å². The molecular weight excluding hydrogens is 332 g/mol. The lowest BCUT2D eigenvalue weighted by molar-refractivity contribution is -0.211. The fraction of sp³-hybridized carbons (Fsp3) is 0.950. The third-order valence-electron chi connectivity index (χ3n) is 6.09. The van der Waals surface area contributed by atoms with E-state index in [1.165, 1.54) is 12.8 Å². The minimum Gasteiger partial charge on any atom is -0.466 e. The third kappa shape index (κ3) is 5.18. The molecule has 1 saturated carbocycles. The molecule has 26 heavy (non-hydrogen) atoms. The largest absolute Gasteiger partial charge is 0.466 e. The van der Waals surface area contributed by atoms with Gasteiger partial charge in [-0.1, -0.05) is 0 Å². The quantitative estimate of drug-likeness (QED) is 0.583. The summed E-state index contributed by atoms with van der Waals surface area (Å²) in [5.41, 5.74) is 0. The first-order chi connectivity index (χ1) is 12.7. The monoisotopic (exact) mass is 368 g/mol. The fourth-order valence-electron chi connectivity index (χ4n) is 4.49. The van der Waals surface area contributed by atoms with Crippen molar-refractivity contribution in [2.45, 2.75) is 64.3 Å². The van der Waals surface area contributed by atoms with Gasteiger partial charge in [0.15, 0.2) is 6.35 Å². The van der Waals surface area contributed by atoms with E-state index in [-0.39, 0.29) is 24.3 Å². The van der Waals surface area contributed by atoms with Crippen molar-refractivity contribution in [3.8, 4) is 0 Å². The summed E-state index contributed by atoms with van der Waals surface area (Å²) in [6.07, 6.45) is 7.81. The van der Waals surface area contributed by atoms with E-state index in [9.17, 15) is 4.79 Å². The molecule has 2 aliphatic heterocycles. The highest BCUT2D eigenvalue weighted by molar-refractivity contribution is 5.72. The molecule has 0 radical (unpaired) electrons. The molecule has 6 heteroatoms. The Balaban J connectivity index is 1.47. The van der Waals surface area contributed by atoms with Gasteiger partial charge in [0.05, 0.1) is 18.6 Å². The Bertz CT molecular complexity index is 428. The van der Waals surface area contributed by atoms with Gasteiger partial charge in [-0.25, -0.2) is 0 Å². The summed E-state index contributed by atoms with van der Waals surface area (Å²) < 4.78 is 17.0. The summed E-state index contributed by atoms with van der Waals surface area (Å²) in [6.45, 7) is 7.72. The number of carbonyl (C=O) groups excluding carboxylic acids is 1. The zero-order valence-corrected chi connectivity index (χ0v) is 16.5. The van der Waals surface area contributed by atoms with E-state index in [1.807, 2.05) is 6.92 Å². The van der Waals surface area contributed by atoms with E-state index >= 15 is 0 Å². The van der Waals surface area contributed by atoms with E-state index in [1.54, 1.807) is 7.11 Å². The van der Waals surface area contributed by atoms with E-state index in [4.69, 9.17) is 14.2 Å². The summed E-state index contributed by atoms with van der Waals surface area (Å²) in [7, 11) is 1.78. The highest BCUT2D eigenvalue weighted by atomic mass is 16.5. The normalized spacial score (nSPS) is 29.5. The summed E-state index contributed by atoms with van der Waals surface area (Å²) >= 11 is 0. The van der Waals surface area contributed by atoms with Crippen LogP contribution in [0.5, 0.6) is 0 Å². The van der Waals surface area contributed by atoms with Gasteiger partial charge in [0.2, 0.25) is 0 Å². The molecule has 1 aliphatic carbocycles. The number of nitrogens with zero attached hydrogens (tertiary/aromatic N) is 2. The molecule has 3 fully saturated rings. The topological polar surface area (TPSA) is 51.2 Å². The van der Waals surface area contributed by atoms with E-state index in [2.05, 4.69) is 9.80 Å². The second-order valence-corrected chi connectivity index (χ2v) is 8.03. The van der Waals surface area contributed by atoms with Crippen molar-refractivity contribution >= 4 is 5.97 Å². The van der Waals surface area contributed by atoms with E-state index < -0.39 is 0 Å². The molecule has 3 aliphatic rings. The van der Waals surface area contributed by atoms with Gasteiger partial charge in [0.1, 0.15) is 0 Å². The highest BCUT2D eigenvalue weighted by Crippen LogP contribution is 2.32. The first kappa shape index (κ1) is 20.1. The van der Waals surface area contributed by atoms with Crippen LogP contribution in [0.4, 0.5) is 0 Å². The minimum atomic E-state index is -0.0224. The van der Waals surface area contributed by atoms with Crippen molar-refractivity contribution in [3.63, 3.8) is 0 Å². The van der Waals surface area contributed by atoms with Crippen LogP contribution in [-0.2, 0) is 19.0 Å². The van der Waals surface area contributed by atoms with Crippen LogP contribution in [0, 0.1) is 11.8 Å². The Morgan fingerprint density at radius 3 is 2.38 bits per heavy atom. The predicted molar refractivity (Wildman–Crippen MR) is 99.6 cm³/mol. The van der Waals surface area contributed by atoms with Crippen molar-refractivity contribution < 1.29 is 19.0 Å². The molecule has 150 valence electrons. The van der Waals surface area contributed by atoms with Gasteiger partial charge in [0, 0.05) is 39.9 Å². The number of carbonyl (C=O) groups is 1. The summed E-state index contributed by atoms with van der Waals surface area (Å²) in [6, 6.07) is 0. The SMILES string of the molecule is CCOC(=O)[C@H]1CC[C@H](OC(N2CCCC2)N2CC(CCOC)C2)CC1. The van der Waals surface area contributed by atoms with E-state index in [0.717, 1.165) is 70.8 Å². The molecule has 1 unspecified atom stereocenters. The molecule has 6 nitrogen and oxygen atoms in total. The van der Waals surface area contributed by atoms with Crippen LogP contribution in [0.2, 0.25) is 0 Å². The Kier molecular flexibility index (Phi) is 7.73. The molecule has 0 amide bonds. The average molecular weight is 369 g/mol. The summed E-state index contributed by atoms with van der Waals surface area (Å²) in [4.78, 5) is 16.9. The number of rotatable bonds is 9. The Morgan fingerprint density at radius 1 is 1.08 bits per heavy atom. The van der Waals surface area contributed by atoms with Crippen LogP contribution in [0.25, 0.3) is 0 Å². The second kappa shape index (κ2) is 10.0. The molecule has 0 aromatic heterocycles. The lowest BCUT2D eigenvalue weighted by atomic mass is 9.87. The Hall–Kier alpha value is -0.690. The van der Waals surface area contributed by atoms with Crippen LogP contribution >= 0.6 is 0 Å². The van der Waals surface area contributed by atoms with E-state index in [0.29, 0.717) is 6.61 Å². The van der Waals surface area contributed by atoms with Gasteiger partial charge in [-0.3, -0.25) is 14.6 Å². The molecule has 3 rings (SSSR count). The smallest absolute Gasteiger partial charge is 0.308 e. The lowest BCUT2D eigenvalue weighted by Gasteiger charge is -2.48. The zero-order chi connectivity index (χ0) is 18.4. The zero-order valence-electron chi connectivity index (χ0n) is 16.5. The van der Waals surface area contributed by atoms with Crippen LogP contribution in [0.1, 0.15) is 51.9 Å². The van der Waals surface area contributed by atoms with Gasteiger partial charge in [0.25, 0.3) is 0 Å². The second-order valence-electron chi connectivity index (χ2n) is 8.03. The number of likely N-dealkylation sites (tertiary alicyclic amines) is 2. The maximum atomic E-state index is 11.9. The maximum absolute atomic E-state index is 11.9. The molecule has 1 atom stereocenters. The van der Waals surface area contributed by atoms with Crippen molar-refractivity contribution in [1.82, 2.24) is 9.80 Å². The van der Waals surface area contributed by atoms with Crippen LogP contribution in [0.3, 0.4) is 0 Å². The van der Waals surface area contributed by atoms with Crippen molar-refractivity contribution in [1.29, 1.82) is 0 Å². The van der Waals surface area contributed by atoms with Crippen molar-refractivity contribution in [2.24, 2.45) is 11.8 Å². The molecular formula is C20H36N2O4. The number of esters is 1. The van der Waals surface area contributed by atoms with Gasteiger partial charge < -0.3 is 14.2 Å². The standard InChI is InChI=1S/C20H36N2O4/c1-3-25-19(23)17-6-8-18(9-7-17)26-20(21-11-4-5-12-21)22-14-16(15-22)10-13-24-2/h16-18,20H,3-15H2,1-2H3/t17-,18-,20?. The molecule has 0 aromatic rings. The fourth-order valence-corrected chi connectivity index (χ4v) is 4.49. The number of ether oxygens (including phenoxy) is 3. The molecule has 2 saturated heterocycles. The molecule has 2 heterocycles. The van der Waals surface area contributed by atoms with Crippen LogP contribution < -0.4 is 0 Å². The Morgan fingerprint density at radius 2 is 1.77 bits per heavy atom. The van der Waals surface area contributed by atoms with Crippen molar-refractivity contribution in [2.75, 3.05) is 46.5 Å². The average Bonchev–Trinajstić information content (AvgIpc) is 3.14. The first-order valence-corrected chi connectivity index (χ1v) is 10.5. The van der Waals surface area contributed by atoms with Crippen LogP contribution in [0.15, 0.2) is 0 Å². The molecule has 0 bridgehead atoms. The number of hydrogen-bond acceptors (Lipinski definition) is 6. The predicted octanol–water partition coefficient (Wildman–Crippen LogP) is 2.47. The number of methoxy groups -OCH3 is 1. The third-order valence-corrected chi connectivity index (χ3v) is 6.09. The Labute approximate surface area is 158 Å². The molecule has 0 N–H and O–H groups in total. The van der Waals surface area contributed by atoms with Gasteiger partial charge in [-0.05, 0) is 57.8 Å². The lowest BCUT2D eigenvalue weighted by Crippen LogP contribution is -2.59. The number of hydrogen-bond donors (Lipinski definition) is 0. The van der Waals surface area contributed by atoms with Gasteiger partial charge in [-0.15, -0.1) is 0 Å². The highest BCUT2D eigenvalue weighted by Gasteiger charge is 2.39. The summed E-state index contributed by atoms with van der Waals surface area (Å²) in [5.74, 6) is 0.788.